The molecule has 0 rings (SSSR count). The normalized spacial score (nSPS) is 12.0. The molecule has 0 aliphatic heterocycles. The number of carbonyl (C=O) groups is 3. The Morgan fingerprint density at radius 3 is 1.43 bits per heavy atom. The van der Waals surface area contributed by atoms with Gasteiger partial charge in [-0.25, -0.2) is 4.79 Å². The predicted octanol–water partition coefficient (Wildman–Crippen LogP) is 13.9. The van der Waals surface area contributed by atoms with Crippen LogP contribution in [0.5, 0.6) is 0 Å². The van der Waals surface area contributed by atoms with E-state index in [1.807, 2.05) is 0 Å². The van der Waals surface area contributed by atoms with Crippen LogP contribution in [0.3, 0.4) is 0 Å². The minimum absolute atomic E-state index is 0.00486. The van der Waals surface area contributed by atoms with Crippen LogP contribution in [-0.4, -0.2) is 80.0 Å². The maximum Gasteiger partial charge on any atom is 0.314 e. The molecule has 0 fully saturated rings. The van der Waals surface area contributed by atoms with Gasteiger partial charge in [-0.15, -0.1) is 0 Å². The van der Waals surface area contributed by atoms with E-state index in [1.165, 1.54) is 122 Å². The third-order valence-corrected chi connectivity index (χ3v) is 12.2. The van der Waals surface area contributed by atoms with Gasteiger partial charge in [-0.1, -0.05) is 181 Å². The van der Waals surface area contributed by atoms with Crippen LogP contribution in [0.15, 0.2) is 0 Å². The lowest BCUT2D eigenvalue weighted by Crippen LogP contribution is -2.34. The SMILES string of the molecule is CCCCCCCCCCCOC(=O)CCCCCN(CCCCCCCC(=O)OC(CCCCCCCC)CCCCCCCC)CC(O)CCCCCCNC(=O)NC. The van der Waals surface area contributed by atoms with Gasteiger partial charge >= 0.3 is 18.0 Å². The first kappa shape index (κ1) is 59.1. The molecular weight excluding hydrogens is 763 g/mol. The molecule has 61 heavy (non-hydrogen) atoms. The lowest BCUT2D eigenvalue weighted by Gasteiger charge is -2.25. The van der Waals surface area contributed by atoms with Crippen molar-refractivity contribution in [2.24, 2.45) is 0 Å². The smallest absolute Gasteiger partial charge is 0.314 e. The molecule has 0 aromatic carbocycles. The van der Waals surface area contributed by atoms with Crippen molar-refractivity contribution in [1.82, 2.24) is 15.5 Å². The molecule has 0 aromatic heterocycles. The van der Waals surface area contributed by atoms with Crippen LogP contribution in [0, 0.1) is 0 Å². The van der Waals surface area contributed by atoms with Crippen molar-refractivity contribution in [3.8, 4) is 0 Å². The Balaban J connectivity index is 4.56. The second-order valence-corrected chi connectivity index (χ2v) is 18.3. The minimum atomic E-state index is -0.350. The fourth-order valence-corrected chi connectivity index (χ4v) is 8.23. The monoisotopic (exact) mass is 866 g/mol. The molecule has 1 unspecified atom stereocenters. The first-order valence-corrected chi connectivity index (χ1v) is 26.6. The van der Waals surface area contributed by atoms with E-state index in [4.69, 9.17) is 9.47 Å². The second kappa shape index (κ2) is 47.6. The summed E-state index contributed by atoms with van der Waals surface area (Å²) in [5, 5.41) is 16.4. The highest BCUT2D eigenvalue weighted by Gasteiger charge is 2.15. The van der Waals surface area contributed by atoms with Crippen molar-refractivity contribution < 1.29 is 29.0 Å². The molecule has 0 radical (unpaired) electrons. The van der Waals surface area contributed by atoms with Gasteiger partial charge in [-0.05, 0) is 83.7 Å². The Hall–Kier alpha value is -1.87. The zero-order valence-electron chi connectivity index (χ0n) is 41.0. The molecule has 1 atom stereocenters. The number of unbranched alkanes of at least 4 members (excludes halogenated alkanes) is 27. The van der Waals surface area contributed by atoms with Gasteiger partial charge in [-0.3, -0.25) is 9.59 Å². The van der Waals surface area contributed by atoms with Gasteiger partial charge in [-0.2, -0.15) is 0 Å². The molecule has 0 spiro atoms. The lowest BCUT2D eigenvalue weighted by atomic mass is 10.0. The van der Waals surface area contributed by atoms with Crippen molar-refractivity contribution in [2.45, 2.75) is 277 Å². The van der Waals surface area contributed by atoms with E-state index in [2.05, 4.69) is 36.3 Å². The van der Waals surface area contributed by atoms with Crippen molar-refractivity contribution >= 4 is 18.0 Å². The largest absolute Gasteiger partial charge is 0.466 e. The molecule has 0 aliphatic rings. The first-order chi connectivity index (χ1) is 29.9. The molecule has 3 N–H and O–H groups in total. The summed E-state index contributed by atoms with van der Waals surface area (Å²) in [6.45, 7) is 10.6. The van der Waals surface area contributed by atoms with Crippen molar-refractivity contribution in [1.29, 1.82) is 0 Å². The number of carbonyl (C=O) groups excluding carboxylic acids is 3. The fraction of sp³-hybridized carbons (Fsp3) is 0.942. The van der Waals surface area contributed by atoms with Gasteiger partial charge in [0.2, 0.25) is 0 Å². The molecule has 0 heterocycles. The number of aliphatic hydroxyl groups excluding tert-OH is 1. The summed E-state index contributed by atoms with van der Waals surface area (Å²) in [7, 11) is 1.63. The minimum Gasteiger partial charge on any atom is -0.466 e. The van der Waals surface area contributed by atoms with Crippen LogP contribution >= 0.6 is 0 Å². The third-order valence-electron chi connectivity index (χ3n) is 12.2. The fourth-order valence-electron chi connectivity index (χ4n) is 8.23. The van der Waals surface area contributed by atoms with Crippen molar-refractivity contribution in [3.05, 3.63) is 0 Å². The number of rotatable bonds is 48. The van der Waals surface area contributed by atoms with E-state index >= 15 is 0 Å². The number of urea groups is 1. The lowest BCUT2D eigenvalue weighted by molar-refractivity contribution is -0.150. The van der Waals surface area contributed by atoms with Gasteiger partial charge < -0.3 is 30.1 Å². The van der Waals surface area contributed by atoms with Gasteiger partial charge in [0.15, 0.2) is 0 Å². The number of nitrogens with one attached hydrogen (secondary N) is 2. The van der Waals surface area contributed by atoms with Crippen LogP contribution in [0.4, 0.5) is 4.79 Å². The quantitative estimate of drug-likeness (QED) is 0.0412. The number of esters is 2. The summed E-state index contributed by atoms with van der Waals surface area (Å²) in [4.78, 5) is 39.0. The summed E-state index contributed by atoms with van der Waals surface area (Å²) in [5.74, 6) is -0.0691. The Bertz CT molecular complexity index is 936. The molecule has 2 amide bonds. The molecule has 362 valence electrons. The Kier molecular flexibility index (Phi) is 46.1. The third kappa shape index (κ3) is 44.5. The van der Waals surface area contributed by atoms with E-state index in [0.29, 0.717) is 32.5 Å². The van der Waals surface area contributed by atoms with E-state index < -0.39 is 0 Å². The zero-order valence-corrected chi connectivity index (χ0v) is 41.0. The average molecular weight is 866 g/mol. The van der Waals surface area contributed by atoms with Crippen LogP contribution in [-0.2, 0) is 19.1 Å². The van der Waals surface area contributed by atoms with E-state index in [9.17, 15) is 19.5 Å². The van der Waals surface area contributed by atoms with Gasteiger partial charge in [0.05, 0.1) is 12.7 Å². The molecule has 9 heteroatoms. The molecular formula is C52H103N3O6. The number of aliphatic hydroxyl groups is 1. The highest BCUT2D eigenvalue weighted by molar-refractivity contribution is 5.73. The summed E-state index contributed by atoms with van der Waals surface area (Å²) in [6.07, 6.45) is 42.3. The summed E-state index contributed by atoms with van der Waals surface area (Å²) >= 11 is 0. The zero-order chi connectivity index (χ0) is 44.7. The summed E-state index contributed by atoms with van der Waals surface area (Å²) < 4.78 is 11.6. The number of amides is 2. The van der Waals surface area contributed by atoms with Crippen LogP contribution in [0.2, 0.25) is 0 Å². The number of hydrogen-bond donors (Lipinski definition) is 3. The van der Waals surface area contributed by atoms with Gasteiger partial charge in [0.1, 0.15) is 6.10 Å². The van der Waals surface area contributed by atoms with E-state index in [-0.39, 0.29) is 30.2 Å². The predicted molar refractivity (Wildman–Crippen MR) is 258 cm³/mol. The molecule has 0 bridgehead atoms. The molecule has 0 aromatic rings. The van der Waals surface area contributed by atoms with Gasteiger partial charge in [0, 0.05) is 33.0 Å². The first-order valence-electron chi connectivity index (χ1n) is 26.6. The van der Waals surface area contributed by atoms with E-state index in [1.54, 1.807) is 7.05 Å². The molecule has 0 saturated heterocycles. The summed E-state index contributed by atoms with van der Waals surface area (Å²) in [6, 6.07) is -0.138. The highest BCUT2D eigenvalue weighted by Crippen LogP contribution is 2.19. The topological polar surface area (TPSA) is 117 Å². The molecule has 9 nitrogen and oxygen atoms in total. The van der Waals surface area contributed by atoms with Crippen LogP contribution in [0.25, 0.3) is 0 Å². The Labute approximate surface area is 378 Å². The number of ether oxygens (including phenoxy) is 2. The van der Waals surface area contributed by atoms with E-state index in [0.717, 1.165) is 122 Å². The Morgan fingerprint density at radius 2 is 0.902 bits per heavy atom. The van der Waals surface area contributed by atoms with Crippen LogP contribution in [0.1, 0.15) is 265 Å². The molecule has 0 aliphatic carbocycles. The number of nitrogens with zero attached hydrogens (tertiary/aromatic N) is 1. The summed E-state index contributed by atoms with van der Waals surface area (Å²) in [5.41, 5.74) is 0. The van der Waals surface area contributed by atoms with Crippen LogP contribution < -0.4 is 10.6 Å². The standard InChI is InChI=1S/C52H103N3O6/c1-5-8-11-14-17-18-19-27-37-46-60-50(57)41-33-28-36-45-55(47-48(56)38-29-24-25-34-43-54-52(59)53-4)44-35-26-20-23-32-42-51(58)61-49(39-30-21-15-12-9-6-2)40-31-22-16-13-10-7-3/h48-49,56H,5-47H2,1-4H3,(H2,53,54,59). The average Bonchev–Trinajstić information content (AvgIpc) is 3.25. The van der Waals surface area contributed by atoms with Gasteiger partial charge in [0.25, 0.3) is 0 Å². The maximum absolute atomic E-state index is 12.9. The second-order valence-electron chi connectivity index (χ2n) is 18.3. The highest BCUT2D eigenvalue weighted by atomic mass is 16.5. The maximum atomic E-state index is 12.9. The van der Waals surface area contributed by atoms with Crippen molar-refractivity contribution in [3.63, 3.8) is 0 Å². The van der Waals surface area contributed by atoms with Crippen molar-refractivity contribution in [2.75, 3.05) is 39.8 Å². The molecule has 0 saturated carbocycles. The Morgan fingerprint density at radius 1 is 0.492 bits per heavy atom. The number of hydrogen-bond acceptors (Lipinski definition) is 7.